The lowest BCUT2D eigenvalue weighted by Gasteiger charge is -2.49. The summed E-state index contributed by atoms with van der Waals surface area (Å²) >= 11 is 2.32. The van der Waals surface area contributed by atoms with Crippen molar-refractivity contribution in [3.63, 3.8) is 0 Å². The van der Waals surface area contributed by atoms with Crippen LogP contribution >= 0.6 is 23.1 Å². The van der Waals surface area contributed by atoms with E-state index in [1.165, 1.54) is 34.6 Å². The summed E-state index contributed by atoms with van der Waals surface area (Å²) in [6.07, 6.45) is 5.95. The number of carbonyl (C=O) groups is 4. The SMILES string of the molecule is CC(C)(C)C(=O)OCOC(=O)C1=C(/C=C/c2cncnc2N)CS[C@@H]2[C@H](NC(=O)/C(=N\O)c3csc(N)n3)C(=O)N12. The Kier molecular flexibility index (Phi) is 8.57. The van der Waals surface area contributed by atoms with E-state index in [1.54, 1.807) is 32.9 Å². The Morgan fingerprint density at radius 2 is 2.02 bits per heavy atom. The Labute approximate surface area is 241 Å². The van der Waals surface area contributed by atoms with Crippen LogP contribution in [0.25, 0.3) is 6.08 Å². The van der Waals surface area contributed by atoms with Gasteiger partial charge in [0.05, 0.1) is 5.41 Å². The van der Waals surface area contributed by atoms with E-state index in [0.717, 1.165) is 11.3 Å². The van der Waals surface area contributed by atoms with Crippen molar-refractivity contribution in [1.29, 1.82) is 0 Å². The lowest BCUT2D eigenvalue weighted by molar-refractivity contribution is -0.173. The van der Waals surface area contributed by atoms with Gasteiger partial charge in [0.25, 0.3) is 11.8 Å². The normalized spacial score (nSPS) is 19.0. The van der Waals surface area contributed by atoms with Crippen molar-refractivity contribution in [2.45, 2.75) is 32.2 Å². The van der Waals surface area contributed by atoms with Crippen LogP contribution < -0.4 is 16.8 Å². The Hall–Kier alpha value is -4.51. The minimum atomic E-state index is -1.05. The zero-order valence-electron chi connectivity index (χ0n) is 22.1. The number of rotatable bonds is 8. The number of β-lactam (4-membered cyclic amide) rings is 1. The maximum absolute atomic E-state index is 13.3. The number of anilines is 2. The summed E-state index contributed by atoms with van der Waals surface area (Å²) in [5, 5.41) is 15.8. The molecule has 41 heavy (non-hydrogen) atoms. The number of nitrogens with one attached hydrogen (secondary N) is 1. The molecule has 2 aromatic heterocycles. The van der Waals surface area contributed by atoms with Crippen LogP contribution in [0.3, 0.4) is 0 Å². The van der Waals surface area contributed by atoms with E-state index in [2.05, 4.69) is 25.4 Å². The average molecular weight is 603 g/mol. The van der Waals surface area contributed by atoms with Gasteiger partial charge in [-0.05, 0) is 32.4 Å². The molecule has 0 spiro atoms. The van der Waals surface area contributed by atoms with Gasteiger partial charge in [0.15, 0.2) is 10.8 Å². The zero-order chi connectivity index (χ0) is 29.9. The van der Waals surface area contributed by atoms with Crippen LogP contribution in [0, 0.1) is 5.41 Å². The molecule has 1 saturated heterocycles. The molecule has 4 heterocycles. The van der Waals surface area contributed by atoms with Crippen molar-refractivity contribution in [2.24, 2.45) is 10.6 Å². The molecular formula is C24H26N8O7S2. The third-order valence-electron chi connectivity index (χ3n) is 5.79. The average Bonchev–Trinajstić information content (AvgIpc) is 3.35. The van der Waals surface area contributed by atoms with Crippen LogP contribution in [0.5, 0.6) is 0 Å². The molecule has 0 bridgehead atoms. The topological polar surface area (TPSA) is 225 Å². The fraction of sp³-hybridized carbons (Fsp3) is 0.333. The van der Waals surface area contributed by atoms with Crippen LogP contribution in [0.4, 0.5) is 10.9 Å². The molecule has 17 heteroatoms. The largest absolute Gasteiger partial charge is 0.427 e. The van der Waals surface area contributed by atoms with Gasteiger partial charge in [0.2, 0.25) is 6.79 Å². The molecule has 4 rings (SSSR count). The van der Waals surface area contributed by atoms with Crippen molar-refractivity contribution >= 4 is 69.6 Å². The first-order chi connectivity index (χ1) is 19.4. The summed E-state index contributed by atoms with van der Waals surface area (Å²) in [6, 6.07) is -1.05. The zero-order valence-corrected chi connectivity index (χ0v) is 23.7. The van der Waals surface area contributed by atoms with Crippen LogP contribution in [0.15, 0.2) is 40.4 Å². The van der Waals surface area contributed by atoms with E-state index in [4.69, 9.17) is 20.9 Å². The number of aromatic nitrogens is 3. The molecule has 0 saturated carbocycles. The fourth-order valence-corrected chi connectivity index (χ4v) is 5.54. The third kappa shape index (κ3) is 6.30. The summed E-state index contributed by atoms with van der Waals surface area (Å²) in [6.45, 7) is 4.28. The van der Waals surface area contributed by atoms with Gasteiger partial charge in [0, 0.05) is 22.9 Å². The van der Waals surface area contributed by atoms with E-state index >= 15 is 0 Å². The van der Waals surface area contributed by atoms with Crippen molar-refractivity contribution < 1.29 is 33.9 Å². The number of nitrogen functional groups attached to an aromatic ring is 2. The number of hydrogen-bond acceptors (Lipinski definition) is 15. The molecule has 2 atom stereocenters. The molecule has 15 nitrogen and oxygen atoms in total. The summed E-state index contributed by atoms with van der Waals surface area (Å²) in [7, 11) is 0. The first-order valence-electron chi connectivity index (χ1n) is 11.9. The van der Waals surface area contributed by atoms with E-state index in [-0.39, 0.29) is 28.1 Å². The molecule has 0 aliphatic carbocycles. The minimum absolute atomic E-state index is 0.0398. The van der Waals surface area contributed by atoms with Crippen LogP contribution in [-0.4, -0.2) is 78.5 Å². The molecule has 216 valence electrons. The molecule has 0 radical (unpaired) electrons. The van der Waals surface area contributed by atoms with Crippen molar-refractivity contribution in [1.82, 2.24) is 25.2 Å². The number of allylic oxidation sites excluding steroid dienone is 1. The quantitative estimate of drug-likeness (QED) is 0.0817. The van der Waals surface area contributed by atoms with Crippen LogP contribution in [0.1, 0.15) is 32.0 Å². The number of nitrogens with zero attached hydrogens (tertiary/aromatic N) is 5. The molecule has 2 amide bonds. The van der Waals surface area contributed by atoms with E-state index in [1.807, 2.05) is 0 Å². The second-order valence-corrected chi connectivity index (χ2v) is 11.7. The smallest absolute Gasteiger partial charge is 0.358 e. The highest BCUT2D eigenvalue weighted by Crippen LogP contribution is 2.41. The lowest BCUT2D eigenvalue weighted by Crippen LogP contribution is -2.71. The predicted molar refractivity (Wildman–Crippen MR) is 149 cm³/mol. The number of carbonyl (C=O) groups excluding carboxylic acids is 4. The molecule has 2 aromatic rings. The highest BCUT2D eigenvalue weighted by molar-refractivity contribution is 8.00. The number of esters is 2. The van der Waals surface area contributed by atoms with Gasteiger partial charge in [-0.3, -0.25) is 19.3 Å². The molecule has 0 unspecified atom stereocenters. The fourth-order valence-electron chi connectivity index (χ4n) is 3.67. The highest BCUT2D eigenvalue weighted by atomic mass is 32.2. The number of ether oxygens (including phenoxy) is 2. The number of nitrogens with two attached hydrogens (primary N) is 2. The van der Waals surface area contributed by atoms with E-state index < -0.39 is 53.1 Å². The monoisotopic (exact) mass is 602 g/mol. The molecule has 2 aliphatic rings. The van der Waals surface area contributed by atoms with Crippen LogP contribution in [-0.2, 0) is 28.7 Å². The van der Waals surface area contributed by atoms with E-state index in [0.29, 0.717) is 11.1 Å². The summed E-state index contributed by atoms with van der Waals surface area (Å²) in [5.41, 5.74) is 11.1. The summed E-state index contributed by atoms with van der Waals surface area (Å²) < 4.78 is 10.2. The van der Waals surface area contributed by atoms with Crippen molar-refractivity contribution in [3.05, 3.63) is 46.5 Å². The van der Waals surface area contributed by atoms with Gasteiger partial charge in [-0.25, -0.2) is 19.7 Å². The Morgan fingerprint density at radius 3 is 2.66 bits per heavy atom. The van der Waals surface area contributed by atoms with Gasteiger partial charge in [-0.1, -0.05) is 11.2 Å². The molecule has 6 N–H and O–H groups in total. The van der Waals surface area contributed by atoms with Crippen molar-refractivity contribution in [3.8, 4) is 0 Å². The lowest BCUT2D eigenvalue weighted by atomic mass is 9.98. The summed E-state index contributed by atoms with van der Waals surface area (Å²) in [4.78, 5) is 64.3. The number of amides is 2. The Balaban J connectivity index is 1.56. The summed E-state index contributed by atoms with van der Waals surface area (Å²) in [5.74, 6) is -2.52. The van der Waals surface area contributed by atoms with Gasteiger partial charge in [-0.15, -0.1) is 23.1 Å². The first-order valence-corrected chi connectivity index (χ1v) is 13.8. The molecular weight excluding hydrogens is 576 g/mol. The Bertz CT molecular complexity index is 1480. The number of hydrogen-bond donors (Lipinski definition) is 4. The number of thiazole rings is 1. The van der Waals surface area contributed by atoms with Crippen LogP contribution in [0.2, 0.25) is 0 Å². The van der Waals surface area contributed by atoms with Gasteiger partial charge in [-0.2, -0.15) is 0 Å². The third-order valence-corrected chi connectivity index (χ3v) is 7.76. The molecule has 0 aromatic carbocycles. The number of fused-ring (bicyclic) bond motifs is 1. The Morgan fingerprint density at radius 1 is 1.27 bits per heavy atom. The second kappa shape index (κ2) is 11.9. The van der Waals surface area contributed by atoms with Gasteiger partial charge in [0.1, 0.15) is 35.0 Å². The van der Waals surface area contributed by atoms with Gasteiger partial charge >= 0.3 is 11.9 Å². The van der Waals surface area contributed by atoms with Gasteiger partial charge < -0.3 is 31.5 Å². The standard InChI is InChI=1S/C24H26N8O7S2/c1-24(2,3)22(36)39-10-38-21(35)16-12(5-4-11-6-27-9-28-17(11)25)7-40-20-15(19(34)32(16)20)30-18(33)14(31-37)13-8-41-23(26)29-13/h4-6,8-9,15,20,37H,7,10H2,1-3H3,(H2,26,29)(H,30,33)(H2,25,27,28)/b5-4+,31-14-/t15-,20-/m1/s1. The molecule has 1 fully saturated rings. The maximum Gasteiger partial charge on any atom is 0.358 e. The van der Waals surface area contributed by atoms with Crippen molar-refractivity contribution in [2.75, 3.05) is 24.0 Å². The highest BCUT2D eigenvalue weighted by Gasteiger charge is 2.54. The number of oxime groups is 1. The maximum atomic E-state index is 13.3. The van der Waals surface area contributed by atoms with E-state index in [9.17, 15) is 24.4 Å². The second-order valence-electron chi connectivity index (χ2n) is 9.68. The predicted octanol–water partition coefficient (Wildman–Crippen LogP) is 0.733. The number of thioether (sulfide) groups is 1. The first kappa shape index (κ1) is 29.5. The minimum Gasteiger partial charge on any atom is -0.427 e. The molecule has 2 aliphatic heterocycles.